The molecule has 148 valence electrons. The van der Waals surface area contributed by atoms with Crippen LogP contribution in [0.15, 0.2) is 54.7 Å². The summed E-state index contributed by atoms with van der Waals surface area (Å²) in [5, 5.41) is 2.91. The molecule has 1 fully saturated rings. The van der Waals surface area contributed by atoms with Crippen LogP contribution >= 0.6 is 0 Å². The second-order valence-electron chi connectivity index (χ2n) is 7.11. The maximum atomic E-state index is 12.1. The maximum Gasteiger partial charge on any atom is 0.269 e. The lowest BCUT2D eigenvalue weighted by Crippen LogP contribution is -2.46. The van der Waals surface area contributed by atoms with Gasteiger partial charge in [0.25, 0.3) is 5.91 Å². The van der Waals surface area contributed by atoms with Gasteiger partial charge in [-0.05, 0) is 24.1 Å². The molecule has 0 atom stereocenters. The van der Waals surface area contributed by atoms with Gasteiger partial charge in [0, 0.05) is 39.3 Å². The number of aromatic nitrogens is 1. The Morgan fingerprint density at radius 2 is 1.89 bits per heavy atom. The highest BCUT2D eigenvalue weighted by atomic mass is 16.1. The third kappa shape index (κ3) is 5.92. The topological polar surface area (TPSA) is 48.5 Å². The molecule has 0 unspecified atom stereocenters. The number of pyridine rings is 1. The first-order valence-electron chi connectivity index (χ1n) is 10.2. The van der Waals surface area contributed by atoms with Crippen molar-refractivity contribution >= 4 is 17.7 Å². The first kappa shape index (κ1) is 20.1. The average Bonchev–Trinajstić information content (AvgIpc) is 2.75. The minimum absolute atomic E-state index is 0.0879. The Bertz CT molecular complexity index is 750. The number of rotatable bonds is 8. The fraction of sp³-hybridized carbons (Fsp3) is 0.391. The van der Waals surface area contributed by atoms with Crippen LogP contribution in [0.5, 0.6) is 0 Å². The number of carbonyl (C=O) groups excluding carboxylic acids is 1. The summed E-state index contributed by atoms with van der Waals surface area (Å²) < 4.78 is 0. The summed E-state index contributed by atoms with van der Waals surface area (Å²) in [6, 6.07) is 14.2. The van der Waals surface area contributed by atoms with Gasteiger partial charge in [0.1, 0.15) is 5.69 Å². The highest BCUT2D eigenvalue weighted by Gasteiger charge is 2.17. The Kier molecular flexibility index (Phi) is 7.62. The largest absolute Gasteiger partial charge is 0.368 e. The van der Waals surface area contributed by atoms with E-state index < -0.39 is 0 Å². The van der Waals surface area contributed by atoms with E-state index in [0.717, 1.165) is 51.3 Å². The smallest absolute Gasteiger partial charge is 0.269 e. The second-order valence-corrected chi connectivity index (χ2v) is 7.11. The van der Waals surface area contributed by atoms with E-state index in [-0.39, 0.29) is 5.91 Å². The summed E-state index contributed by atoms with van der Waals surface area (Å²) in [6.07, 6.45) is 8.30. The van der Waals surface area contributed by atoms with E-state index in [1.165, 1.54) is 5.56 Å². The molecule has 0 radical (unpaired) electrons. The van der Waals surface area contributed by atoms with Crippen LogP contribution in [0, 0.1) is 0 Å². The molecule has 5 nitrogen and oxygen atoms in total. The minimum Gasteiger partial charge on any atom is -0.368 e. The van der Waals surface area contributed by atoms with Crippen molar-refractivity contribution in [3.05, 3.63) is 66.0 Å². The molecule has 2 heterocycles. The summed E-state index contributed by atoms with van der Waals surface area (Å²) in [5.41, 5.74) is 2.82. The number of amides is 1. The molecule has 1 aliphatic heterocycles. The van der Waals surface area contributed by atoms with E-state index in [1.807, 2.05) is 24.4 Å². The van der Waals surface area contributed by atoms with Gasteiger partial charge in [0.15, 0.2) is 0 Å². The van der Waals surface area contributed by atoms with Crippen molar-refractivity contribution < 1.29 is 4.79 Å². The monoisotopic (exact) mass is 378 g/mol. The Morgan fingerprint density at radius 3 is 2.57 bits per heavy atom. The zero-order valence-corrected chi connectivity index (χ0v) is 16.7. The lowest BCUT2D eigenvalue weighted by molar-refractivity contribution is 0.0948. The lowest BCUT2D eigenvalue weighted by atomic mass is 10.2. The molecule has 0 aliphatic carbocycles. The lowest BCUT2D eigenvalue weighted by Gasteiger charge is -2.35. The fourth-order valence-electron chi connectivity index (χ4n) is 3.27. The van der Waals surface area contributed by atoms with Crippen LogP contribution in [-0.2, 0) is 0 Å². The van der Waals surface area contributed by atoms with Gasteiger partial charge in [-0.25, -0.2) is 4.98 Å². The molecule has 5 heteroatoms. The van der Waals surface area contributed by atoms with Crippen LogP contribution in [0.4, 0.5) is 5.69 Å². The van der Waals surface area contributed by atoms with Crippen molar-refractivity contribution in [3.8, 4) is 0 Å². The van der Waals surface area contributed by atoms with Gasteiger partial charge in [-0.15, -0.1) is 0 Å². The summed E-state index contributed by atoms with van der Waals surface area (Å²) in [6.45, 7) is 7.79. The van der Waals surface area contributed by atoms with E-state index in [2.05, 4.69) is 63.4 Å². The summed E-state index contributed by atoms with van der Waals surface area (Å²) in [4.78, 5) is 21.2. The highest BCUT2D eigenvalue weighted by Crippen LogP contribution is 2.16. The quantitative estimate of drug-likeness (QED) is 0.715. The molecule has 0 saturated carbocycles. The van der Waals surface area contributed by atoms with Gasteiger partial charge in [-0.1, -0.05) is 55.8 Å². The van der Waals surface area contributed by atoms with Crippen LogP contribution < -0.4 is 10.2 Å². The molecule has 1 aromatic carbocycles. The molecule has 2 aromatic rings. The summed E-state index contributed by atoms with van der Waals surface area (Å²) in [5.74, 6) is -0.0879. The zero-order chi connectivity index (χ0) is 19.6. The normalized spacial score (nSPS) is 15.1. The van der Waals surface area contributed by atoms with Crippen molar-refractivity contribution in [3.63, 3.8) is 0 Å². The molecule has 3 rings (SSSR count). The zero-order valence-electron chi connectivity index (χ0n) is 16.7. The van der Waals surface area contributed by atoms with Gasteiger partial charge < -0.3 is 10.2 Å². The van der Waals surface area contributed by atoms with Gasteiger partial charge in [-0.3, -0.25) is 9.69 Å². The first-order chi connectivity index (χ1) is 13.8. The average molecular weight is 379 g/mol. The van der Waals surface area contributed by atoms with Crippen molar-refractivity contribution in [2.24, 2.45) is 0 Å². The van der Waals surface area contributed by atoms with E-state index in [0.29, 0.717) is 12.2 Å². The molecule has 28 heavy (non-hydrogen) atoms. The number of piperazine rings is 1. The van der Waals surface area contributed by atoms with Crippen LogP contribution in [0.2, 0.25) is 0 Å². The Balaban J connectivity index is 1.44. The van der Waals surface area contributed by atoms with Crippen molar-refractivity contribution in [1.82, 2.24) is 15.2 Å². The minimum atomic E-state index is -0.0879. The number of anilines is 1. The molecule has 0 bridgehead atoms. The molecule has 0 spiro atoms. The number of nitrogens with one attached hydrogen (secondary N) is 1. The second kappa shape index (κ2) is 10.6. The third-order valence-electron chi connectivity index (χ3n) is 5.01. The Morgan fingerprint density at radius 1 is 1.11 bits per heavy atom. The molecule has 1 amide bonds. The molecular formula is C23H30N4O. The van der Waals surface area contributed by atoms with Gasteiger partial charge in [-0.2, -0.15) is 0 Å². The standard InChI is InChI=1S/C23H30N4O/c1-2-3-13-24-23(28)22-12-11-21(19-25-22)27-17-15-26(16-18-27)14-7-10-20-8-5-4-6-9-20/h4-12,19H,2-3,13-18H2,1H3,(H,24,28)/b10-7+. The first-order valence-corrected chi connectivity index (χ1v) is 10.2. The van der Waals surface area contributed by atoms with Crippen molar-refractivity contribution in [2.45, 2.75) is 19.8 Å². The highest BCUT2D eigenvalue weighted by molar-refractivity contribution is 5.92. The van der Waals surface area contributed by atoms with Crippen molar-refractivity contribution in [2.75, 3.05) is 44.2 Å². The van der Waals surface area contributed by atoms with Crippen LogP contribution in [0.25, 0.3) is 6.08 Å². The van der Waals surface area contributed by atoms with E-state index in [1.54, 1.807) is 0 Å². The van der Waals surface area contributed by atoms with Crippen LogP contribution in [0.3, 0.4) is 0 Å². The number of carbonyl (C=O) groups is 1. The molecule has 1 aliphatic rings. The third-order valence-corrected chi connectivity index (χ3v) is 5.01. The number of hydrogen-bond donors (Lipinski definition) is 1. The van der Waals surface area contributed by atoms with Gasteiger partial charge >= 0.3 is 0 Å². The summed E-state index contributed by atoms with van der Waals surface area (Å²) >= 11 is 0. The van der Waals surface area contributed by atoms with Crippen molar-refractivity contribution in [1.29, 1.82) is 0 Å². The molecular weight excluding hydrogens is 348 g/mol. The maximum absolute atomic E-state index is 12.1. The van der Waals surface area contributed by atoms with Crippen LogP contribution in [0.1, 0.15) is 35.8 Å². The molecule has 1 N–H and O–H groups in total. The number of benzene rings is 1. The number of nitrogens with zero attached hydrogens (tertiary/aromatic N) is 3. The predicted molar refractivity (Wildman–Crippen MR) is 116 cm³/mol. The fourth-order valence-corrected chi connectivity index (χ4v) is 3.27. The van der Waals surface area contributed by atoms with E-state index >= 15 is 0 Å². The Labute approximate surface area is 168 Å². The van der Waals surface area contributed by atoms with Gasteiger partial charge in [0.05, 0.1) is 11.9 Å². The number of hydrogen-bond acceptors (Lipinski definition) is 4. The van der Waals surface area contributed by atoms with E-state index in [9.17, 15) is 4.79 Å². The molecule has 1 aromatic heterocycles. The molecule has 1 saturated heterocycles. The van der Waals surface area contributed by atoms with E-state index in [4.69, 9.17) is 0 Å². The summed E-state index contributed by atoms with van der Waals surface area (Å²) in [7, 11) is 0. The number of unbranched alkanes of at least 4 members (excludes halogenated alkanes) is 1. The SMILES string of the molecule is CCCCNC(=O)c1ccc(N2CCN(C/C=C/c3ccccc3)CC2)cn1. The Hall–Kier alpha value is -2.66. The van der Waals surface area contributed by atoms with Gasteiger partial charge in [0.2, 0.25) is 0 Å². The predicted octanol–water partition coefficient (Wildman–Crippen LogP) is 3.45. The van der Waals surface area contributed by atoms with Crippen LogP contribution in [-0.4, -0.2) is 55.1 Å².